The summed E-state index contributed by atoms with van der Waals surface area (Å²) in [4.78, 5) is 23.3. The number of benzene rings is 3. The molecule has 0 aromatic heterocycles. The average Bonchev–Trinajstić information content (AvgIpc) is 3.09. The molecule has 4 nitrogen and oxygen atoms in total. The molecule has 0 aliphatic carbocycles. The highest BCUT2D eigenvalue weighted by atomic mass is 16.5. The van der Waals surface area contributed by atoms with Crippen molar-refractivity contribution in [1.82, 2.24) is 0 Å². The van der Waals surface area contributed by atoms with E-state index in [9.17, 15) is 14.7 Å². The van der Waals surface area contributed by atoms with Crippen molar-refractivity contribution in [3.63, 3.8) is 0 Å². The molecule has 0 saturated carbocycles. The summed E-state index contributed by atoms with van der Waals surface area (Å²) in [7, 11) is 0. The number of hydrogen-bond acceptors (Lipinski definition) is 4. The first-order chi connectivity index (χ1) is 14.5. The lowest BCUT2D eigenvalue weighted by Gasteiger charge is -2.12. The third-order valence-corrected chi connectivity index (χ3v) is 4.88. The average molecular weight is 402 g/mol. The number of aliphatic hydroxyl groups excluding tert-OH is 1. The number of ether oxygens (including phenoxy) is 1. The Balaban J connectivity index is 0.000000172. The molecule has 1 heterocycles. The van der Waals surface area contributed by atoms with Gasteiger partial charge in [-0.15, -0.1) is 0 Å². The van der Waals surface area contributed by atoms with Crippen LogP contribution in [0.5, 0.6) is 0 Å². The molecule has 3 aromatic rings. The molecule has 0 spiro atoms. The second-order valence-electron chi connectivity index (χ2n) is 7.65. The van der Waals surface area contributed by atoms with Crippen molar-refractivity contribution in [2.75, 3.05) is 0 Å². The predicted molar refractivity (Wildman–Crippen MR) is 116 cm³/mol. The van der Waals surface area contributed by atoms with Crippen LogP contribution in [0.25, 0.3) is 0 Å². The summed E-state index contributed by atoms with van der Waals surface area (Å²) in [5.41, 5.74) is 2.93. The van der Waals surface area contributed by atoms with E-state index < -0.39 is 6.10 Å². The van der Waals surface area contributed by atoms with Gasteiger partial charge in [0.1, 0.15) is 12.2 Å². The van der Waals surface area contributed by atoms with E-state index in [0.717, 1.165) is 17.5 Å². The van der Waals surface area contributed by atoms with E-state index in [-0.39, 0.29) is 17.9 Å². The number of rotatable bonds is 5. The fraction of sp³-hybridized carbons (Fsp3) is 0.231. The molecule has 2 atom stereocenters. The third-order valence-electron chi connectivity index (χ3n) is 4.88. The summed E-state index contributed by atoms with van der Waals surface area (Å²) in [6.07, 6.45) is -0.203. The van der Waals surface area contributed by atoms with Crippen molar-refractivity contribution in [2.45, 2.75) is 32.5 Å². The normalized spacial score (nSPS) is 15.6. The van der Waals surface area contributed by atoms with Gasteiger partial charge in [-0.3, -0.25) is 4.79 Å². The Morgan fingerprint density at radius 3 is 2.10 bits per heavy atom. The summed E-state index contributed by atoms with van der Waals surface area (Å²) < 4.78 is 5.30. The van der Waals surface area contributed by atoms with Crippen LogP contribution in [0.4, 0.5) is 0 Å². The Kier molecular flexibility index (Phi) is 7.15. The van der Waals surface area contributed by atoms with Crippen LogP contribution in [0.2, 0.25) is 0 Å². The maximum absolute atomic E-state index is 11.9. The molecule has 0 bridgehead atoms. The molecule has 4 rings (SSSR count). The minimum Gasteiger partial charge on any atom is -0.454 e. The first-order valence-electron chi connectivity index (χ1n) is 10.1. The number of carbonyl (C=O) groups excluding carboxylic acids is 2. The number of ketones is 1. The SMILES string of the molecule is CC(C)CC1OC(=O)c2ccccc21.O=C(c1ccccc1)C(O)c1ccccc1. The second-order valence-corrected chi connectivity index (χ2v) is 7.65. The van der Waals surface area contributed by atoms with Crippen molar-refractivity contribution in [3.8, 4) is 0 Å². The molecule has 1 N–H and O–H groups in total. The van der Waals surface area contributed by atoms with Gasteiger partial charge >= 0.3 is 5.97 Å². The van der Waals surface area contributed by atoms with E-state index in [0.29, 0.717) is 17.0 Å². The molecule has 4 heteroatoms. The van der Waals surface area contributed by atoms with E-state index in [2.05, 4.69) is 13.8 Å². The van der Waals surface area contributed by atoms with Crippen LogP contribution < -0.4 is 0 Å². The molecule has 1 aliphatic heterocycles. The monoisotopic (exact) mass is 402 g/mol. The zero-order chi connectivity index (χ0) is 21.5. The highest BCUT2D eigenvalue weighted by Crippen LogP contribution is 2.34. The number of aliphatic hydroxyl groups is 1. The van der Waals surface area contributed by atoms with Gasteiger partial charge in [0.05, 0.1) is 5.56 Å². The second kappa shape index (κ2) is 9.99. The van der Waals surface area contributed by atoms with Crippen LogP contribution in [-0.2, 0) is 4.74 Å². The van der Waals surface area contributed by atoms with E-state index in [1.54, 1.807) is 48.5 Å². The topological polar surface area (TPSA) is 63.6 Å². The van der Waals surface area contributed by atoms with Gasteiger partial charge in [0.2, 0.25) is 0 Å². The van der Waals surface area contributed by atoms with Crippen LogP contribution in [0.1, 0.15) is 64.3 Å². The fourth-order valence-corrected chi connectivity index (χ4v) is 3.37. The van der Waals surface area contributed by atoms with Gasteiger partial charge in [-0.05, 0) is 24.0 Å². The van der Waals surface area contributed by atoms with Gasteiger partial charge in [-0.2, -0.15) is 0 Å². The Morgan fingerprint density at radius 1 is 0.900 bits per heavy atom. The lowest BCUT2D eigenvalue weighted by atomic mass is 9.98. The summed E-state index contributed by atoms with van der Waals surface area (Å²) in [6, 6.07) is 25.4. The molecule has 0 fully saturated rings. The van der Waals surface area contributed by atoms with E-state index in [4.69, 9.17) is 4.74 Å². The Hall–Kier alpha value is -3.24. The molecule has 0 amide bonds. The fourth-order valence-electron chi connectivity index (χ4n) is 3.37. The van der Waals surface area contributed by atoms with E-state index in [1.807, 2.05) is 36.4 Å². The summed E-state index contributed by atoms with van der Waals surface area (Å²) in [5, 5.41) is 9.89. The lowest BCUT2D eigenvalue weighted by molar-refractivity contribution is 0.0343. The minimum absolute atomic E-state index is 0.0290. The number of hydrogen-bond donors (Lipinski definition) is 1. The van der Waals surface area contributed by atoms with Crippen molar-refractivity contribution >= 4 is 11.8 Å². The quantitative estimate of drug-likeness (QED) is 0.449. The maximum atomic E-state index is 11.9. The lowest BCUT2D eigenvalue weighted by Crippen LogP contribution is -2.11. The summed E-state index contributed by atoms with van der Waals surface area (Å²) >= 11 is 0. The van der Waals surface area contributed by atoms with Crippen molar-refractivity contribution in [2.24, 2.45) is 5.92 Å². The van der Waals surface area contributed by atoms with Crippen LogP contribution in [-0.4, -0.2) is 16.9 Å². The van der Waals surface area contributed by atoms with Crippen LogP contribution >= 0.6 is 0 Å². The van der Waals surface area contributed by atoms with Crippen molar-refractivity contribution < 1.29 is 19.4 Å². The number of fused-ring (bicyclic) bond motifs is 1. The molecule has 3 aromatic carbocycles. The van der Waals surface area contributed by atoms with Gasteiger partial charge in [-0.1, -0.05) is 92.7 Å². The Bertz CT molecular complexity index is 980. The highest BCUT2D eigenvalue weighted by Gasteiger charge is 2.30. The van der Waals surface area contributed by atoms with E-state index in [1.165, 1.54) is 0 Å². The minimum atomic E-state index is -1.08. The molecule has 30 heavy (non-hydrogen) atoms. The molecular formula is C26H26O4. The van der Waals surface area contributed by atoms with Crippen molar-refractivity contribution in [3.05, 3.63) is 107 Å². The zero-order valence-corrected chi connectivity index (χ0v) is 17.2. The van der Waals surface area contributed by atoms with Gasteiger partial charge in [-0.25, -0.2) is 4.79 Å². The van der Waals surface area contributed by atoms with Gasteiger partial charge in [0.25, 0.3) is 0 Å². The molecule has 2 unspecified atom stereocenters. The summed E-state index contributed by atoms with van der Waals surface area (Å²) in [6.45, 7) is 4.27. The largest absolute Gasteiger partial charge is 0.454 e. The van der Waals surface area contributed by atoms with Gasteiger partial charge in [0, 0.05) is 11.1 Å². The van der Waals surface area contributed by atoms with Gasteiger partial charge < -0.3 is 9.84 Å². The summed E-state index contributed by atoms with van der Waals surface area (Å²) in [5.74, 6) is 0.0945. The highest BCUT2D eigenvalue weighted by molar-refractivity contribution is 5.99. The van der Waals surface area contributed by atoms with Gasteiger partial charge in [0.15, 0.2) is 5.78 Å². The zero-order valence-electron chi connectivity index (χ0n) is 17.2. The van der Waals surface area contributed by atoms with Crippen LogP contribution in [0.15, 0.2) is 84.9 Å². The van der Waals surface area contributed by atoms with Crippen LogP contribution in [0, 0.1) is 5.92 Å². The van der Waals surface area contributed by atoms with Crippen LogP contribution in [0.3, 0.4) is 0 Å². The van der Waals surface area contributed by atoms with E-state index >= 15 is 0 Å². The number of Topliss-reactive ketones (excluding diaryl/α,β-unsaturated/α-hetero) is 1. The molecule has 1 aliphatic rings. The first-order valence-corrected chi connectivity index (χ1v) is 10.1. The number of esters is 1. The molecule has 0 radical (unpaired) electrons. The smallest absolute Gasteiger partial charge is 0.339 e. The van der Waals surface area contributed by atoms with Crippen molar-refractivity contribution in [1.29, 1.82) is 0 Å². The maximum Gasteiger partial charge on any atom is 0.339 e. The number of carbonyl (C=O) groups is 2. The molecule has 154 valence electrons. The molecular weight excluding hydrogens is 376 g/mol. The first kappa shape index (κ1) is 21.5. The Morgan fingerprint density at radius 2 is 1.47 bits per heavy atom. The predicted octanol–water partition coefficient (Wildman–Crippen LogP) is 5.55. The Labute approximate surface area is 177 Å². The standard InChI is InChI=1S/C14H12O2.C12H14O2/c15-13(11-7-3-1-4-8-11)14(16)12-9-5-2-6-10-12;1-8(2)7-11-9-5-3-4-6-10(9)12(13)14-11/h1-10,13,15H;3-6,8,11H,7H2,1-2H3. The number of cyclic esters (lactones) is 1. The third kappa shape index (κ3) is 5.22. The molecule has 0 saturated heterocycles.